The highest BCUT2D eigenvalue weighted by Crippen LogP contribution is 2.26. The molecule has 3 nitrogen and oxygen atoms in total. The predicted molar refractivity (Wildman–Crippen MR) is 82.9 cm³/mol. The van der Waals surface area contributed by atoms with Crippen LogP contribution in [0.15, 0.2) is 18.2 Å². The summed E-state index contributed by atoms with van der Waals surface area (Å²) in [6, 6.07) is 6.37. The average molecular weight is 264 g/mol. The summed E-state index contributed by atoms with van der Waals surface area (Å²) in [5.74, 6) is 1.65. The Morgan fingerprint density at radius 1 is 1.21 bits per heavy atom. The van der Waals surface area contributed by atoms with E-state index in [4.69, 9.17) is 4.74 Å². The number of benzene rings is 1. The third kappa shape index (κ3) is 5.11. The number of nitrogens with zero attached hydrogens (tertiary/aromatic N) is 1. The van der Waals surface area contributed by atoms with Gasteiger partial charge in [0, 0.05) is 13.1 Å². The lowest BCUT2D eigenvalue weighted by Gasteiger charge is -2.18. The van der Waals surface area contributed by atoms with Crippen molar-refractivity contribution in [3.05, 3.63) is 23.8 Å². The molecule has 0 aliphatic carbocycles. The molecule has 0 fully saturated rings. The Balaban J connectivity index is 2.77. The number of ether oxygens (including phenoxy) is 1. The molecule has 108 valence electrons. The Labute approximate surface area is 118 Å². The Kier molecular flexibility index (Phi) is 6.71. The zero-order valence-electron chi connectivity index (χ0n) is 13.0. The molecule has 0 unspecified atom stereocenters. The van der Waals surface area contributed by atoms with E-state index in [1.807, 2.05) is 6.07 Å². The summed E-state index contributed by atoms with van der Waals surface area (Å²) in [6.45, 7) is 6.45. The highest BCUT2D eigenvalue weighted by molar-refractivity contribution is 5.58. The van der Waals surface area contributed by atoms with Crippen molar-refractivity contribution >= 4 is 5.69 Å². The lowest BCUT2D eigenvalue weighted by atomic mass is 10.0. The van der Waals surface area contributed by atoms with Gasteiger partial charge in [0.1, 0.15) is 5.75 Å². The second-order valence-corrected chi connectivity index (χ2v) is 5.34. The van der Waals surface area contributed by atoms with Gasteiger partial charge in [-0.15, -0.1) is 0 Å². The maximum absolute atomic E-state index is 5.43. The molecule has 0 saturated heterocycles. The van der Waals surface area contributed by atoms with E-state index in [0.717, 1.165) is 30.4 Å². The van der Waals surface area contributed by atoms with Crippen LogP contribution in [0.5, 0.6) is 5.75 Å². The third-order valence-electron chi connectivity index (χ3n) is 3.50. The van der Waals surface area contributed by atoms with Crippen LogP contribution in [-0.4, -0.2) is 32.6 Å². The molecule has 1 N–H and O–H groups in total. The minimum atomic E-state index is 0.724. The van der Waals surface area contributed by atoms with Crippen LogP contribution in [-0.2, 0) is 6.54 Å². The second kappa shape index (κ2) is 8.05. The predicted octanol–water partition coefficient (Wildman–Crippen LogP) is 3.60. The first kappa shape index (κ1) is 15.8. The molecule has 0 bridgehead atoms. The highest BCUT2D eigenvalue weighted by Gasteiger charge is 2.08. The molecule has 3 heteroatoms. The van der Waals surface area contributed by atoms with Crippen LogP contribution in [0.2, 0.25) is 0 Å². The van der Waals surface area contributed by atoms with Gasteiger partial charge in [-0.05, 0) is 37.7 Å². The fourth-order valence-electron chi connectivity index (χ4n) is 2.19. The smallest absolute Gasteiger partial charge is 0.141 e. The van der Waals surface area contributed by atoms with Crippen molar-refractivity contribution in [3.63, 3.8) is 0 Å². The zero-order valence-corrected chi connectivity index (χ0v) is 13.0. The summed E-state index contributed by atoms with van der Waals surface area (Å²) in [5, 5.41) is 3.54. The number of nitrogens with one attached hydrogen (secondary N) is 1. The van der Waals surface area contributed by atoms with Crippen LogP contribution < -0.4 is 10.1 Å². The van der Waals surface area contributed by atoms with Crippen LogP contribution in [0.1, 0.15) is 32.3 Å². The molecule has 0 aliphatic heterocycles. The van der Waals surface area contributed by atoms with Gasteiger partial charge in [0.25, 0.3) is 0 Å². The molecule has 0 spiro atoms. The normalized spacial score (nSPS) is 11.1. The van der Waals surface area contributed by atoms with Gasteiger partial charge in [0.05, 0.1) is 12.8 Å². The molecule has 19 heavy (non-hydrogen) atoms. The number of anilines is 1. The molecule has 0 radical (unpaired) electrons. The summed E-state index contributed by atoms with van der Waals surface area (Å²) >= 11 is 0. The molecule has 0 amide bonds. The van der Waals surface area contributed by atoms with Crippen LogP contribution in [0.25, 0.3) is 0 Å². The van der Waals surface area contributed by atoms with Crippen molar-refractivity contribution in [1.82, 2.24) is 4.90 Å². The Morgan fingerprint density at radius 2 is 1.89 bits per heavy atom. The highest BCUT2D eigenvalue weighted by atomic mass is 16.5. The first-order chi connectivity index (χ1) is 9.10. The van der Waals surface area contributed by atoms with Crippen molar-refractivity contribution in [1.29, 1.82) is 0 Å². The van der Waals surface area contributed by atoms with E-state index in [1.54, 1.807) is 7.11 Å². The van der Waals surface area contributed by atoms with Crippen molar-refractivity contribution in [2.45, 2.75) is 33.2 Å². The molecule has 1 rings (SSSR count). The Morgan fingerprint density at radius 3 is 2.42 bits per heavy atom. The summed E-state index contributed by atoms with van der Waals surface area (Å²) in [7, 11) is 5.90. The fraction of sp³-hybridized carbons (Fsp3) is 0.625. The number of rotatable bonds is 8. The van der Waals surface area contributed by atoms with E-state index in [1.165, 1.54) is 18.4 Å². The summed E-state index contributed by atoms with van der Waals surface area (Å²) in [4.78, 5) is 2.17. The quantitative estimate of drug-likeness (QED) is 0.776. The molecule has 1 aromatic carbocycles. The molecular formula is C16H28N2O. The number of hydrogen-bond donors (Lipinski definition) is 1. The monoisotopic (exact) mass is 264 g/mol. The van der Waals surface area contributed by atoms with Crippen LogP contribution >= 0.6 is 0 Å². The Bertz CT molecular complexity index is 373. The maximum Gasteiger partial charge on any atom is 0.141 e. The summed E-state index contributed by atoms with van der Waals surface area (Å²) < 4.78 is 5.43. The molecule has 0 atom stereocenters. The molecule has 0 aliphatic rings. The van der Waals surface area contributed by atoms with Crippen molar-refractivity contribution in [3.8, 4) is 5.75 Å². The van der Waals surface area contributed by atoms with Gasteiger partial charge in [-0.1, -0.05) is 32.8 Å². The topological polar surface area (TPSA) is 24.5 Å². The van der Waals surface area contributed by atoms with E-state index in [9.17, 15) is 0 Å². The van der Waals surface area contributed by atoms with Gasteiger partial charge >= 0.3 is 0 Å². The van der Waals surface area contributed by atoms with Crippen molar-refractivity contribution < 1.29 is 4.74 Å². The molecule has 1 aromatic rings. The zero-order chi connectivity index (χ0) is 14.3. The average Bonchev–Trinajstić information content (AvgIpc) is 2.39. The third-order valence-corrected chi connectivity index (χ3v) is 3.50. The van der Waals surface area contributed by atoms with Gasteiger partial charge in [0.15, 0.2) is 0 Å². The Hall–Kier alpha value is -1.22. The van der Waals surface area contributed by atoms with E-state index in [0.29, 0.717) is 0 Å². The largest absolute Gasteiger partial charge is 0.495 e. The van der Waals surface area contributed by atoms with Crippen molar-refractivity contribution in [2.75, 3.05) is 33.1 Å². The van der Waals surface area contributed by atoms with Gasteiger partial charge in [-0.25, -0.2) is 0 Å². The number of methoxy groups -OCH3 is 1. The van der Waals surface area contributed by atoms with E-state index in [2.05, 4.69) is 50.3 Å². The summed E-state index contributed by atoms with van der Waals surface area (Å²) in [6.07, 6.45) is 2.42. The number of hydrogen-bond acceptors (Lipinski definition) is 3. The minimum Gasteiger partial charge on any atom is -0.495 e. The molecule has 0 heterocycles. The molecule has 0 aromatic heterocycles. The molecule has 0 saturated carbocycles. The SMILES string of the molecule is CCC(CC)CNc1cc(CN(C)C)ccc1OC. The van der Waals surface area contributed by atoms with E-state index < -0.39 is 0 Å². The van der Waals surface area contributed by atoms with Gasteiger partial charge < -0.3 is 15.0 Å². The van der Waals surface area contributed by atoms with Crippen molar-refractivity contribution in [2.24, 2.45) is 5.92 Å². The van der Waals surface area contributed by atoms with Crippen LogP contribution in [0, 0.1) is 5.92 Å². The fourth-order valence-corrected chi connectivity index (χ4v) is 2.19. The standard InChI is InChI=1S/C16H28N2O/c1-6-13(7-2)11-17-15-10-14(12-18(3)4)8-9-16(15)19-5/h8-10,13,17H,6-7,11-12H2,1-5H3. The minimum absolute atomic E-state index is 0.724. The maximum atomic E-state index is 5.43. The van der Waals surface area contributed by atoms with E-state index >= 15 is 0 Å². The van der Waals surface area contributed by atoms with Crippen LogP contribution in [0.3, 0.4) is 0 Å². The lowest BCUT2D eigenvalue weighted by molar-refractivity contribution is 0.400. The van der Waals surface area contributed by atoms with Gasteiger partial charge in [-0.3, -0.25) is 0 Å². The first-order valence-corrected chi connectivity index (χ1v) is 7.16. The lowest BCUT2D eigenvalue weighted by Crippen LogP contribution is -2.14. The van der Waals surface area contributed by atoms with E-state index in [-0.39, 0.29) is 0 Å². The second-order valence-electron chi connectivity index (χ2n) is 5.34. The van der Waals surface area contributed by atoms with Crippen LogP contribution in [0.4, 0.5) is 5.69 Å². The first-order valence-electron chi connectivity index (χ1n) is 7.16. The van der Waals surface area contributed by atoms with Gasteiger partial charge in [-0.2, -0.15) is 0 Å². The molecular weight excluding hydrogens is 236 g/mol. The summed E-state index contributed by atoms with van der Waals surface area (Å²) in [5.41, 5.74) is 2.41. The van der Waals surface area contributed by atoms with Gasteiger partial charge in [0.2, 0.25) is 0 Å².